The van der Waals surface area contributed by atoms with E-state index in [9.17, 15) is 13.2 Å². The van der Waals surface area contributed by atoms with Gasteiger partial charge in [0.25, 0.3) is 10.0 Å². The van der Waals surface area contributed by atoms with E-state index >= 15 is 0 Å². The number of aromatic nitrogens is 5. The van der Waals surface area contributed by atoms with Crippen molar-refractivity contribution in [1.82, 2.24) is 34.6 Å². The number of nitrogens with one attached hydrogen (secondary N) is 2. The molecule has 2 fully saturated rings. The summed E-state index contributed by atoms with van der Waals surface area (Å²) in [5.41, 5.74) is 1.83. The van der Waals surface area contributed by atoms with E-state index in [1.807, 2.05) is 6.07 Å². The van der Waals surface area contributed by atoms with Crippen LogP contribution in [0.3, 0.4) is 0 Å². The number of imidazole rings is 1. The van der Waals surface area contributed by atoms with E-state index in [-0.39, 0.29) is 29.6 Å². The summed E-state index contributed by atoms with van der Waals surface area (Å²) in [6.07, 6.45) is 3.46. The van der Waals surface area contributed by atoms with Crippen LogP contribution >= 0.6 is 0 Å². The minimum Gasteiger partial charge on any atom is -0.384 e. The van der Waals surface area contributed by atoms with Crippen molar-refractivity contribution in [1.29, 1.82) is 0 Å². The first kappa shape index (κ1) is 21.0. The molecule has 4 heterocycles. The number of H-pyrrole nitrogens is 2. The first-order valence-electron chi connectivity index (χ1n) is 10.6. The molecule has 0 saturated carbocycles. The number of para-hydroxylation sites is 2. The molecule has 12 heteroatoms. The molecule has 3 atom stereocenters. The number of fused-ring (bicyclic) bond motifs is 3. The molecule has 3 aromatic rings. The number of carbonyl (C=O) groups is 1. The standard InChI is InChI=1S/C20H25N7O4S/c1-31-12-13-10-26(11-14-9-21-25-24-14)19(28)18-8-4-7-17(13)27(18)32(29,30)20-22-15-5-2-3-6-16(15)23-20/h2-3,5-6,9,13,17-18H,4,7-8,10-12H2,1H3,(H,22,23)(H,21,24,25)/t13-,17?,18?/m1/s1. The molecule has 32 heavy (non-hydrogen) atoms. The van der Waals surface area contributed by atoms with Crippen molar-refractivity contribution in [2.24, 2.45) is 5.92 Å². The van der Waals surface area contributed by atoms with E-state index in [0.717, 1.165) is 6.42 Å². The van der Waals surface area contributed by atoms with Gasteiger partial charge in [-0.05, 0) is 31.4 Å². The molecule has 1 amide bonds. The van der Waals surface area contributed by atoms with Crippen LogP contribution in [0.1, 0.15) is 25.0 Å². The lowest BCUT2D eigenvalue weighted by molar-refractivity contribution is -0.135. The topological polar surface area (TPSA) is 137 Å². The van der Waals surface area contributed by atoms with Crippen LogP contribution < -0.4 is 0 Å². The summed E-state index contributed by atoms with van der Waals surface area (Å²) in [7, 11) is -2.46. The first-order chi connectivity index (χ1) is 15.5. The summed E-state index contributed by atoms with van der Waals surface area (Å²) in [5.74, 6) is -0.406. The summed E-state index contributed by atoms with van der Waals surface area (Å²) >= 11 is 0. The maximum Gasteiger partial charge on any atom is 0.277 e. The number of sulfonamides is 1. The lowest BCUT2D eigenvalue weighted by Gasteiger charge is -2.39. The molecule has 2 aliphatic rings. The van der Waals surface area contributed by atoms with Gasteiger partial charge in [0.05, 0.1) is 30.4 Å². The fraction of sp³-hybridized carbons (Fsp3) is 0.500. The Kier molecular flexibility index (Phi) is 5.43. The van der Waals surface area contributed by atoms with Crippen LogP contribution in [0.5, 0.6) is 0 Å². The number of aromatic amines is 2. The fourth-order valence-electron chi connectivity index (χ4n) is 4.90. The van der Waals surface area contributed by atoms with E-state index in [0.29, 0.717) is 42.7 Å². The van der Waals surface area contributed by atoms with Gasteiger partial charge in [-0.1, -0.05) is 12.1 Å². The number of benzene rings is 1. The summed E-state index contributed by atoms with van der Waals surface area (Å²) in [5, 5.41) is 10.3. The van der Waals surface area contributed by atoms with Gasteiger partial charge in [-0.3, -0.25) is 4.79 Å². The number of hydrogen-bond acceptors (Lipinski definition) is 7. The van der Waals surface area contributed by atoms with Gasteiger partial charge in [-0.15, -0.1) is 0 Å². The lowest BCUT2D eigenvalue weighted by atomic mass is 9.91. The molecule has 1 aromatic carbocycles. The van der Waals surface area contributed by atoms with E-state index in [4.69, 9.17) is 4.74 Å². The Morgan fingerprint density at radius 3 is 2.84 bits per heavy atom. The molecule has 0 aliphatic carbocycles. The largest absolute Gasteiger partial charge is 0.384 e. The minimum absolute atomic E-state index is 0.135. The molecular weight excluding hydrogens is 434 g/mol. The molecule has 2 aromatic heterocycles. The molecule has 2 bridgehead atoms. The number of hydrogen-bond donors (Lipinski definition) is 2. The zero-order valence-electron chi connectivity index (χ0n) is 17.6. The Hall–Kier alpha value is -2.83. The monoisotopic (exact) mass is 459 g/mol. The number of nitrogens with zero attached hydrogens (tertiary/aromatic N) is 5. The minimum atomic E-state index is -4.05. The third-order valence-electron chi connectivity index (χ3n) is 6.30. The number of rotatable bonds is 6. The maximum absolute atomic E-state index is 13.8. The Morgan fingerprint density at radius 2 is 2.09 bits per heavy atom. The van der Waals surface area contributed by atoms with E-state index in [1.54, 1.807) is 36.4 Å². The predicted molar refractivity (Wildman–Crippen MR) is 114 cm³/mol. The molecule has 170 valence electrons. The SMILES string of the molecule is COC[C@H]1CN(Cc2cn[nH]n2)C(=O)C2CCCC1N2S(=O)(=O)c1nc2ccccc2[nH]1. The second-order valence-corrected chi connectivity index (χ2v) is 10.1. The van der Waals surface area contributed by atoms with E-state index in [1.165, 1.54) is 4.31 Å². The van der Waals surface area contributed by atoms with Gasteiger partial charge in [0.1, 0.15) is 11.7 Å². The van der Waals surface area contributed by atoms with Crippen LogP contribution in [-0.4, -0.2) is 81.3 Å². The number of ether oxygens (including phenoxy) is 1. The molecule has 0 spiro atoms. The molecule has 2 unspecified atom stereocenters. The summed E-state index contributed by atoms with van der Waals surface area (Å²) in [4.78, 5) is 22.5. The Labute approximate surface area is 185 Å². The van der Waals surface area contributed by atoms with Crippen LogP contribution in [0.2, 0.25) is 0 Å². The predicted octanol–water partition coefficient (Wildman–Crippen LogP) is 0.898. The number of amides is 1. The Morgan fingerprint density at radius 1 is 1.25 bits per heavy atom. The number of piperidine rings is 1. The highest BCUT2D eigenvalue weighted by Gasteiger charge is 2.50. The quantitative estimate of drug-likeness (QED) is 0.559. The van der Waals surface area contributed by atoms with Crippen molar-refractivity contribution >= 4 is 27.0 Å². The average Bonchev–Trinajstić information content (AvgIpc) is 3.45. The highest BCUT2D eigenvalue weighted by Crippen LogP contribution is 2.37. The first-order valence-corrected chi connectivity index (χ1v) is 12.0. The van der Waals surface area contributed by atoms with Gasteiger partial charge in [-0.2, -0.15) is 19.7 Å². The van der Waals surface area contributed by atoms with Crippen molar-refractivity contribution in [3.05, 3.63) is 36.2 Å². The van der Waals surface area contributed by atoms with E-state index < -0.39 is 16.1 Å². The lowest BCUT2D eigenvalue weighted by Crippen LogP contribution is -2.55. The highest BCUT2D eigenvalue weighted by molar-refractivity contribution is 7.89. The average molecular weight is 460 g/mol. The molecular formula is C20H25N7O4S. The Balaban J connectivity index is 1.56. The van der Waals surface area contributed by atoms with Gasteiger partial charge in [-0.25, -0.2) is 13.4 Å². The van der Waals surface area contributed by atoms with Gasteiger partial charge in [0.2, 0.25) is 11.1 Å². The van der Waals surface area contributed by atoms with Gasteiger partial charge < -0.3 is 14.6 Å². The zero-order valence-corrected chi connectivity index (χ0v) is 18.5. The Bertz CT molecular complexity index is 1180. The molecule has 11 nitrogen and oxygen atoms in total. The van der Waals surface area contributed by atoms with Crippen LogP contribution in [0.4, 0.5) is 0 Å². The third-order valence-corrected chi connectivity index (χ3v) is 8.06. The van der Waals surface area contributed by atoms with Gasteiger partial charge in [0, 0.05) is 25.6 Å². The molecule has 2 saturated heterocycles. The third kappa shape index (κ3) is 3.57. The van der Waals surface area contributed by atoms with Crippen LogP contribution in [0, 0.1) is 5.92 Å². The van der Waals surface area contributed by atoms with Crippen LogP contribution in [-0.2, 0) is 26.1 Å². The van der Waals surface area contributed by atoms with Crippen molar-refractivity contribution in [2.45, 2.75) is 43.0 Å². The van der Waals surface area contributed by atoms with Crippen LogP contribution in [0.15, 0.2) is 35.6 Å². The van der Waals surface area contributed by atoms with E-state index in [2.05, 4.69) is 25.4 Å². The summed E-state index contributed by atoms with van der Waals surface area (Å²) in [6, 6.07) is 6.01. The molecule has 2 aliphatic heterocycles. The summed E-state index contributed by atoms with van der Waals surface area (Å²) < 4.78 is 34.5. The molecule has 2 N–H and O–H groups in total. The fourth-order valence-corrected chi connectivity index (χ4v) is 6.72. The maximum atomic E-state index is 13.8. The van der Waals surface area contributed by atoms with Crippen molar-refractivity contribution in [3.8, 4) is 0 Å². The van der Waals surface area contributed by atoms with Gasteiger partial charge >= 0.3 is 0 Å². The van der Waals surface area contributed by atoms with Crippen molar-refractivity contribution < 1.29 is 17.9 Å². The van der Waals surface area contributed by atoms with Crippen molar-refractivity contribution in [3.63, 3.8) is 0 Å². The molecule has 5 rings (SSSR count). The van der Waals surface area contributed by atoms with Gasteiger partial charge in [0.15, 0.2) is 0 Å². The van der Waals surface area contributed by atoms with Crippen LogP contribution in [0.25, 0.3) is 11.0 Å². The number of carbonyl (C=O) groups excluding carboxylic acids is 1. The highest BCUT2D eigenvalue weighted by atomic mass is 32.2. The molecule has 0 radical (unpaired) electrons. The second kappa shape index (κ2) is 8.26. The number of methoxy groups -OCH3 is 1. The van der Waals surface area contributed by atoms with Crippen molar-refractivity contribution in [2.75, 3.05) is 20.3 Å². The smallest absolute Gasteiger partial charge is 0.277 e. The normalized spacial score (nSPS) is 24.7. The second-order valence-electron chi connectivity index (χ2n) is 8.30. The summed E-state index contributed by atoms with van der Waals surface area (Å²) in [6.45, 7) is 0.982. The zero-order chi connectivity index (χ0) is 22.3.